The van der Waals surface area contributed by atoms with Gasteiger partial charge in [0.2, 0.25) is 0 Å². The van der Waals surface area contributed by atoms with Crippen LogP contribution in [-0.2, 0) is 17.6 Å². The lowest BCUT2D eigenvalue weighted by atomic mass is 9.84. The lowest BCUT2D eigenvalue weighted by Crippen LogP contribution is -2.17. The molecule has 4 rings (SSSR count). The Morgan fingerprint density at radius 3 is 2.39 bits per heavy atom. The Morgan fingerprint density at radius 1 is 0.970 bits per heavy atom. The van der Waals surface area contributed by atoms with Gasteiger partial charge in [-0.15, -0.1) is 0 Å². The number of esters is 1. The van der Waals surface area contributed by atoms with Crippen LogP contribution in [0.25, 0.3) is 10.9 Å². The number of pyridine rings is 1. The SMILES string of the molecule is CCCc1nc2ccccc2c(C(=O)OCC(=O)c2ccc(C3CCCCC3)cc2)c1CC. The molecule has 4 nitrogen and oxygen atoms in total. The Hall–Kier alpha value is -3.01. The first-order valence-electron chi connectivity index (χ1n) is 12.3. The number of hydrogen-bond donors (Lipinski definition) is 0. The average molecular weight is 444 g/mol. The van der Waals surface area contributed by atoms with Crippen LogP contribution in [0.1, 0.15) is 95.8 Å². The third-order valence-corrected chi connectivity index (χ3v) is 6.77. The van der Waals surface area contributed by atoms with Crippen molar-refractivity contribution < 1.29 is 14.3 Å². The molecule has 0 aliphatic heterocycles. The number of fused-ring (bicyclic) bond motifs is 1. The lowest BCUT2D eigenvalue weighted by molar-refractivity contribution is 0.0475. The van der Waals surface area contributed by atoms with Gasteiger partial charge in [-0.3, -0.25) is 9.78 Å². The van der Waals surface area contributed by atoms with Crippen molar-refractivity contribution >= 4 is 22.7 Å². The van der Waals surface area contributed by atoms with E-state index in [0.29, 0.717) is 23.5 Å². The lowest BCUT2D eigenvalue weighted by Gasteiger charge is -2.22. The molecule has 0 unspecified atom stereocenters. The summed E-state index contributed by atoms with van der Waals surface area (Å²) in [6.07, 6.45) is 8.78. The Morgan fingerprint density at radius 2 is 1.70 bits per heavy atom. The van der Waals surface area contributed by atoms with E-state index in [-0.39, 0.29) is 12.4 Å². The molecule has 0 bridgehead atoms. The van der Waals surface area contributed by atoms with E-state index in [9.17, 15) is 9.59 Å². The summed E-state index contributed by atoms with van der Waals surface area (Å²) in [6, 6.07) is 15.5. The minimum Gasteiger partial charge on any atom is -0.454 e. The monoisotopic (exact) mass is 443 g/mol. The Labute approximate surface area is 196 Å². The predicted molar refractivity (Wildman–Crippen MR) is 132 cm³/mol. The van der Waals surface area contributed by atoms with Gasteiger partial charge in [0.25, 0.3) is 0 Å². The van der Waals surface area contributed by atoms with Crippen LogP contribution in [0.4, 0.5) is 0 Å². The van der Waals surface area contributed by atoms with Crippen LogP contribution in [0, 0.1) is 0 Å². The van der Waals surface area contributed by atoms with Gasteiger partial charge in [0, 0.05) is 16.6 Å². The van der Waals surface area contributed by atoms with Crippen molar-refractivity contribution in [2.24, 2.45) is 0 Å². The molecule has 0 atom stereocenters. The predicted octanol–water partition coefficient (Wildman–Crippen LogP) is 6.84. The van der Waals surface area contributed by atoms with E-state index in [4.69, 9.17) is 9.72 Å². The zero-order chi connectivity index (χ0) is 23.2. The first kappa shape index (κ1) is 23.2. The second-order valence-corrected chi connectivity index (χ2v) is 8.99. The topological polar surface area (TPSA) is 56.3 Å². The van der Waals surface area contributed by atoms with Gasteiger partial charge in [-0.1, -0.05) is 82.0 Å². The van der Waals surface area contributed by atoms with Crippen LogP contribution in [0.5, 0.6) is 0 Å². The number of nitrogens with zero attached hydrogens (tertiary/aromatic N) is 1. The number of para-hydroxylation sites is 1. The van der Waals surface area contributed by atoms with Gasteiger partial charge in [0.15, 0.2) is 12.4 Å². The van der Waals surface area contributed by atoms with Gasteiger partial charge in [-0.25, -0.2) is 4.79 Å². The standard InChI is InChI=1S/C29H33NO3/c1-3-10-25-23(4-2)28(24-13-8-9-14-26(24)30-25)29(32)33-19-27(31)22-17-15-21(16-18-22)20-11-6-5-7-12-20/h8-9,13-18,20H,3-7,10-12,19H2,1-2H3. The van der Waals surface area contributed by atoms with Crippen molar-refractivity contribution in [3.8, 4) is 0 Å². The average Bonchev–Trinajstić information content (AvgIpc) is 2.87. The van der Waals surface area contributed by atoms with Gasteiger partial charge < -0.3 is 4.74 Å². The zero-order valence-corrected chi connectivity index (χ0v) is 19.7. The molecule has 0 radical (unpaired) electrons. The molecule has 1 aliphatic rings. The van der Waals surface area contributed by atoms with Crippen molar-refractivity contribution in [2.75, 3.05) is 6.61 Å². The first-order valence-corrected chi connectivity index (χ1v) is 12.3. The quantitative estimate of drug-likeness (QED) is 0.283. The molecule has 4 heteroatoms. The molecule has 1 fully saturated rings. The molecule has 0 amide bonds. The minimum atomic E-state index is -0.449. The summed E-state index contributed by atoms with van der Waals surface area (Å²) >= 11 is 0. The number of Topliss-reactive ketones (excluding diaryl/α,β-unsaturated/α-hetero) is 1. The molecule has 1 saturated carbocycles. The molecule has 172 valence electrons. The molecule has 3 aromatic rings. The van der Waals surface area contributed by atoms with Gasteiger partial charge in [-0.05, 0) is 48.8 Å². The second kappa shape index (κ2) is 10.7. The molecule has 2 aromatic carbocycles. The highest BCUT2D eigenvalue weighted by Crippen LogP contribution is 2.32. The number of benzene rings is 2. The van der Waals surface area contributed by atoms with E-state index in [0.717, 1.165) is 35.0 Å². The summed E-state index contributed by atoms with van der Waals surface area (Å²) in [4.78, 5) is 30.7. The minimum absolute atomic E-state index is 0.177. The van der Waals surface area contributed by atoms with E-state index in [1.165, 1.54) is 37.7 Å². The highest BCUT2D eigenvalue weighted by Gasteiger charge is 2.22. The number of hydrogen-bond acceptors (Lipinski definition) is 4. The number of ketones is 1. The van der Waals surface area contributed by atoms with Crippen molar-refractivity contribution in [3.05, 3.63) is 76.5 Å². The van der Waals surface area contributed by atoms with E-state index in [2.05, 4.69) is 19.1 Å². The molecule has 1 heterocycles. The number of aromatic nitrogens is 1. The van der Waals surface area contributed by atoms with E-state index >= 15 is 0 Å². The van der Waals surface area contributed by atoms with Crippen LogP contribution in [-0.4, -0.2) is 23.3 Å². The fraction of sp³-hybridized carbons (Fsp3) is 0.414. The molecular weight excluding hydrogens is 410 g/mol. The molecule has 0 spiro atoms. The summed E-state index contributed by atoms with van der Waals surface area (Å²) in [7, 11) is 0. The maximum atomic E-state index is 13.2. The van der Waals surface area contributed by atoms with Crippen molar-refractivity contribution in [1.29, 1.82) is 0 Å². The highest BCUT2D eigenvalue weighted by molar-refractivity contribution is 6.06. The first-order chi connectivity index (χ1) is 16.1. The fourth-order valence-corrected chi connectivity index (χ4v) is 5.02. The maximum absolute atomic E-state index is 13.2. The largest absolute Gasteiger partial charge is 0.454 e. The molecule has 33 heavy (non-hydrogen) atoms. The fourth-order valence-electron chi connectivity index (χ4n) is 5.02. The smallest absolute Gasteiger partial charge is 0.339 e. The third kappa shape index (κ3) is 5.16. The maximum Gasteiger partial charge on any atom is 0.339 e. The summed E-state index contributed by atoms with van der Waals surface area (Å²) in [5, 5.41) is 0.781. The van der Waals surface area contributed by atoms with Gasteiger partial charge in [-0.2, -0.15) is 0 Å². The molecule has 0 N–H and O–H groups in total. The normalized spacial score (nSPS) is 14.4. The van der Waals surface area contributed by atoms with E-state index in [1.807, 2.05) is 43.3 Å². The van der Waals surface area contributed by atoms with Crippen LogP contribution >= 0.6 is 0 Å². The van der Waals surface area contributed by atoms with Crippen molar-refractivity contribution in [3.63, 3.8) is 0 Å². The third-order valence-electron chi connectivity index (χ3n) is 6.77. The number of ether oxygens (including phenoxy) is 1. The van der Waals surface area contributed by atoms with Crippen molar-refractivity contribution in [2.45, 2.75) is 71.1 Å². The van der Waals surface area contributed by atoms with Gasteiger partial charge >= 0.3 is 5.97 Å². The second-order valence-electron chi connectivity index (χ2n) is 8.99. The summed E-state index contributed by atoms with van der Waals surface area (Å²) in [6.45, 7) is 3.87. The Kier molecular flexibility index (Phi) is 7.54. The summed E-state index contributed by atoms with van der Waals surface area (Å²) < 4.78 is 5.56. The van der Waals surface area contributed by atoms with E-state index in [1.54, 1.807) is 0 Å². The number of rotatable bonds is 8. The van der Waals surface area contributed by atoms with Crippen LogP contribution in [0.2, 0.25) is 0 Å². The summed E-state index contributed by atoms with van der Waals surface area (Å²) in [5.74, 6) is -0.0239. The highest BCUT2D eigenvalue weighted by atomic mass is 16.5. The van der Waals surface area contributed by atoms with Gasteiger partial charge in [0.1, 0.15) is 0 Å². The zero-order valence-electron chi connectivity index (χ0n) is 19.7. The van der Waals surface area contributed by atoms with E-state index < -0.39 is 5.97 Å². The van der Waals surface area contributed by atoms with Crippen LogP contribution in [0.15, 0.2) is 48.5 Å². The summed E-state index contributed by atoms with van der Waals surface area (Å²) in [5.41, 5.74) is 5.09. The van der Waals surface area contributed by atoms with Crippen LogP contribution in [0.3, 0.4) is 0 Å². The molecule has 0 saturated heterocycles. The van der Waals surface area contributed by atoms with Gasteiger partial charge in [0.05, 0.1) is 11.1 Å². The Balaban J connectivity index is 1.51. The van der Waals surface area contributed by atoms with Crippen molar-refractivity contribution in [1.82, 2.24) is 4.98 Å². The number of aryl methyl sites for hydroxylation is 1. The number of carbonyl (C=O) groups is 2. The molecule has 1 aliphatic carbocycles. The molecular formula is C29H33NO3. The Bertz CT molecular complexity index is 1130. The van der Waals surface area contributed by atoms with Crippen LogP contribution < -0.4 is 0 Å². The number of carbonyl (C=O) groups excluding carboxylic acids is 2. The molecule has 1 aromatic heterocycles.